The molecule has 5 N–H and O–H groups in total. The fourth-order valence-electron chi connectivity index (χ4n) is 2.56. The van der Waals surface area contributed by atoms with E-state index in [-0.39, 0.29) is 0 Å². The van der Waals surface area contributed by atoms with Crippen LogP contribution in [0.4, 0.5) is 11.8 Å². The first-order chi connectivity index (χ1) is 8.78. The Hall–Kier alpha value is -1.82. The summed E-state index contributed by atoms with van der Waals surface area (Å²) in [5.74, 6) is 1.90. The first kappa shape index (κ1) is 11.3. The predicted molar refractivity (Wildman–Crippen MR) is 72.3 cm³/mol. The van der Waals surface area contributed by atoms with Crippen molar-refractivity contribution >= 4 is 22.8 Å². The van der Waals surface area contributed by atoms with Crippen molar-refractivity contribution in [2.75, 3.05) is 30.3 Å². The molecule has 3 rings (SSSR count). The molecule has 6 nitrogen and oxygen atoms in total. The highest BCUT2D eigenvalue weighted by molar-refractivity contribution is 5.88. The molecule has 18 heavy (non-hydrogen) atoms. The maximum absolute atomic E-state index is 5.76. The summed E-state index contributed by atoms with van der Waals surface area (Å²) in [6, 6.07) is 2.00. The summed E-state index contributed by atoms with van der Waals surface area (Å²) >= 11 is 0. The monoisotopic (exact) mass is 246 g/mol. The van der Waals surface area contributed by atoms with Crippen molar-refractivity contribution in [3.8, 4) is 0 Å². The molecule has 0 spiro atoms. The number of nitrogen functional groups attached to an aromatic ring is 1. The molecule has 96 valence electrons. The topological polar surface area (TPSA) is 96.8 Å². The third kappa shape index (κ3) is 1.88. The second-order valence-electron chi connectivity index (χ2n) is 4.81. The van der Waals surface area contributed by atoms with Gasteiger partial charge >= 0.3 is 0 Å². The van der Waals surface area contributed by atoms with Gasteiger partial charge in [-0.1, -0.05) is 0 Å². The summed E-state index contributed by atoms with van der Waals surface area (Å²) in [6.07, 6.45) is 4.10. The highest BCUT2D eigenvalue weighted by Crippen LogP contribution is 2.27. The van der Waals surface area contributed by atoms with Gasteiger partial charge in [0, 0.05) is 19.3 Å². The number of H-pyrrole nitrogens is 1. The van der Waals surface area contributed by atoms with Gasteiger partial charge in [-0.3, -0.25) is 0 Å². The molecule has 3 heterocycles. The van der Waals surface area contributed by atoms with Crippen LogP contribution in [0.5, 0.6) is 0 Å². The lowest BCUT2D eigenvalue weighted by Crippen LogP contribution is -2.36. The molecule has 1 aliphatic rings. The van der Waals surface area contributed by atoms with Crippen molar-refractivity contribution in [1.29, 1.82) is 0 Å². The Labute approximate surface area is 105 Å². The van der Waals surface area contributed by atoms with E-state index >= 15 is 0 Å². The van der Waals surface area contributed by atoms with Crippen molar-refractivity contribution in [2.45, 2.75) is 12.8 Å². The van der Waals surface area contributed by atoms with Crippen LogP contribution >= 0.6 is 0 Å². The molecular weight excluding hydrogens is 228 g/mol. The maximum Gasteiger partial charge on any atom is 0.223 e. The Balaban J connectivity index is 1.92. The predicted octanol–water partition coefficient (Wildman–Crippen LogP) is 0.715. The number of nitrogens with zero attached hydrogens (tertiary/aromatic N) is 3. The molecule has 1 fully saturated rings. The summed E-state index contributed by atoms with van der Waals surface area (Å²) in [5.41, 5.74) is 12.3. The molecule has 0 amide bonds. The standard InChI is InChI=1S/C12H18N6/c13-7-8-2-5-18(6-3-8)11-9-1-4-15-10(9)16-12(14)17-11/h1,4,8H,2-3,5-7,13H2,(H3,14,15,16,17). The molecular formula is C12H18N6. The van der Waals surface area contributed by atoms with E-state index in [2.05, 4.69) is 19.9 Å². The van der Waals surface area contributed by atoms with Crippen LogP contribution in [0.15, 0.2) is 12.3 Å². The van der Waals surface area contributed by atoms with Gasteiger partial charge in [0.2, 0.25) is 5.95 Å². The molecule has 0 saturated carbocycles. The fourth-order valence-corrected chi connectivity index (χ4v) is 2.56. The number of rotatable bonds is 2. The van der Waals surface area contributed by atoms with Crippen molar-refractivity contribution < 1.29 is 0 Å². The Morgan fingerprint density at radius 2 is 2.11 bits per heavy atom. The van der Waals surface area contributed by atoms with E-state index in [0.29, 0.717) is 11.9 Å². The third-order valence-corrected chi connectivity index (χ3v) is 3.66. The average Bonchev–Trinajstić information content (AvgIpc) is 2.86. The van der Waals surface area contributed by atoms with E-state index in [1.54, 1.807) is 0 Å². The highest BCUT2D eigenvalue weighted by Gasteiger charge is 2.21. The lowest BCUT2D eigenvalue weighted by atomic mass is 9.97. The minimum absolute atomic E-state index is 0.320. The fraction of sp³-hybridized carbons (Fsp3) is 0.500. The number of hydrogen-bond acceptors (Lipinski definition) is 5. The number of piperidine rings is 1. The number of nitrogens with two attached hydrogens (primary N) is 2. The van der Waals surface area contributed by atoms with E-state index in [4.69, 9.17) is 11.5 Å². The van der Waals surface area contributed by atoms with Gasteiger partial charge in [-0.15, -0.1) is 0 Å². The molecule has 0 aromatic carbocycles. The minimum Gasteiger partial charge on any atom is -0.368 e. The molecule has 0 radical (unpaired) electrons. The van der Waals surface area contributed by atoms with E-state index in [1.165, 1.54) is 0 Å². The molecule has 0 aliphatic carbocycles. The minimum atomic E-state index is 0.320. The van der Waals surface area contributed by atoms with Crippen molar-refractivity contribution in [3.05, 3.63) is 12.3 Å². The van der Waals surface area contributed by atoms with E-state index in [9.17, 15) is 0 Å². The molecule has 2 aromatic rings. The quantitative estimate of drug-likeness (QED) is 0.725. The van der Waals surface area contributed by atoms with Crippen LogP contribution in [0.1, 0.15) is 12.8 Å². The van der Waals surface area contributed by atoms with Crippen LogP contribution in [0.25, 0.3) is 11.0 Å². The molecule has 6 heteroatoms. The van der Waals surface area contributed by atoms with Gasteiger partial charge in [0.05, 0.1) is 5.39 Å². The average molecular weight is 246 g/mol. The number of nitrogens with one attached hydrogen (secondary N) is 1. The van der Waals surface area contributed by atoms with Crippen LogP contribution in [0, 0.1) is 5.92 Å². The lowest BCUT2D eigenvalue weighted by molar-refractivity contribution is 0.413. The first-order valence-electron chi connectivity index (χ1n) is 6.33. The van der Waals surface area contributed by atoms with Gasteiger partial charge < -0.3 is 21.4 Å². The summed E-state index contributed by atoms with van der Waals surface area (Å²) in [6.45, 7) is 2.75. The molecule has 0 atom stereocenters. The zero-order valence-electron chi connectivity index (χ0n) is 10.3. The number of aromatic nitrogens is 3. The largest absolute Gasteiger partial charge is 0.368 e. The number of anilines is 2. The zero-order chi connectivity index (χ0) is 12.5. The Morgan fingerprint density at radius 3 is 2.83 bits per heavy atom. The number of hydrogen-bond donors (Lipinski definition) is 3. The normalized spacial score (nSPS) is 17.5. The lowest BCUT2D eigenvalue weighted by Gasteiger charge is -2.32. The van der Waals surface area contributed by atoms with Crippen LogP contribution in [-0.4, -0.2) is 34.6 Å². The molecule has 2 aromatic heterocycles. The summed E-state index contributed by atoms with van der Waals surface area (Å²) in [5, 5.41) is 1.04. The van der Waals surface area contributed by atoms with Crippen molar-refractivity contribution in [1.82, 2.24) is 15.0 Å². The van der Waals surface area contributed by atoms with E-state index < -0.39 is 0 Å². The Morgan fingerprint density at radius 1 is 1.33 bits per heavy atom. The third-order valence-electron chi connectivity index (χ3n) is 3.66. The number of fused-ring (bicyclic) bond motifs is 1. The zero-order valence-corrected chi connectivity index (χ0v) is 10.3. The second kappa shape index (κ2) is 4.45. The molecule has 0 unspecified atom stereocenters. The first-order valence-corrected chi connectivity index (χ1v) is 6.33. The van der Waals surface area contributed by atoms with Gasteiger partial charge in [0.15, 0.2) is 0 Å². The van der Waals surface area contributed by atoms with Crippen LogP contribution in [0.2, 0.25) is 0 Å². The summed E-state index contributed by atoms with van der Waals surface area (Å²) < 4.78 is 0. The van der Waals surface area contributed by atoms with Gasteiger partial charge in [-0.05, 0) is 31.4 Å². The van der Waals surface area contributed by atoms with E-state index in [1.807, 2.05) is 12.3 Å². The molecule has 0 bridgehead atoms. The highest BCUT2D eigenvalue weighted by atomic mass is 15.2. The maximum atomic E-state index is 5.76. The smallest absolute Gasteiger partial charge is 0.223 e. The molecule has 1 aliphatic heterocycles. The Bertz CT molecular complexity index is 540. The Kier molecular flexibility index (Phi) is 2.79. The van der Waals surface area contributed by atoms with Crippen molar-refractivity contribution in [2.24, 2.45) is 11.7 Å². The van der Waals surface area contributed by atoms with E-state index in [0.717, 1.165) is 49.3 Å². The molecule has 1 saturated heterocycles. The van der Waals surface area contributed by atoms with Crippen LogP contribution < -0.4 is 16.4 Å². The van der Waals surface area contributed by atoms with Gasteiger partial charge in [-0.25, -0.2) is 0 Å². The van der Waals surface area contributed by atoms with Gasteiger partial charge in [-0.2, -0.15) is 9.97 Å². The van der Waals surface area contributed by atoms with Gasteiger partial charge in [0.25, 0.3) is 0 Å². The second-order valence-corrected chi connectivity index (χ2v) is 4.81. The van der Waals surface area contributed by atoms with Crippen LogP contribution in [0.3, 0.4) is 0 Å². The summed E-state index contributed by atoms with van der Waals surface area (Å²) in [4.78, 5) is 13.9. The van der Waals surface area contributed by atoms with Crippen molar-refractivity contribution in [3.63, 3.8) is 0 Å². The van der Waals surface area contributed by atoms with Gasteiger partial charge in [0.1, 0.15) is 11.5 Å². The summed E-state index contributed by atoms with van der Waals surface area (Å²) in [7, 11) is 0. The number of aromatic amines is 1. The SMILES string of the molecule is NCC1CCN(c2nc(N)nc3[nH]ccc23)CC1. The van der Waals surface area contributed by atoms with Crippen LogP contribution in [-0.2, 0) is 0 Å².